The number of hydrogen-bond donors (Lipinski definition) is 1. The van der Waals surface area contributed by atoms with Crippen molar-refractivity contribution in [2.75, 3.05) is 26.7 Å². The maximum Gasteiger partial charge on any atom is 0.0229 e. The Morgan fingerprint density at radius 2 is 2.38 bits per heavy atom. The van der Waals surface area contributed by atoms with Gasteiger partial charge in [-0.25, -0.2) is 0 Å². The zero-order chi connectivity index (χ0) is 11.4. The van der Waals surface area contributed by atoms with Crippen LogP contribution in [0.15, 0.2) is 28.7 Å². The number of benzene rings is 1. The normalized spacial score (nSPS) is 20.6. The fourth-order valence-corrected chi connectivity index (χ4v) is 2.64. The van der Waals surface area contributed by atoms with Crippen molar-refractivity contribution in [2.45, 2.75) is 18.9 Å². The third-order valence-electron chi connectivity index (χ3n) is 3.30. The Morgan fingerprint density at radius 1 is 1.50 bits per heavy atom. The Morgan fingerprint density at radius 3 is 3.06 bits per heavy atom. The van der Waals surface area contributed by atoms with Crippen LogP contribution >= 0.6 is 15.9 Å². The monoisotopic (exact) mass is 282 g/mol. The van der Waals surface area contributed by atoms with Gasteiger partial charge in [0.25, 0.3) is 0 Å². The molecule has 1 aliphatic rings. The van der Waals surface area contributed by atoms with Gasteiger partial charge in [0.15, 0.2) is 0 Å². The molecular formula is C13H19BrN2. The summed E-state index contributed by atoms with van der Waals surface area (Å²) in [6, 6.07) is 9.32. The number of rotatable bonds is 4. The smallest absolute Gasteiger partial charge is 0.0229 e. The van der Waals surface area contributed by atoms with Gasteiger partial charge in [0.05, 0.1) is 0 Å². The number of nitrogens with one attached hydrogen (secondary N) is 1. The molecule has 3 heteroatoms. The summed E-state index contributed by atoms with van der Waals surface area (Å²) < 4.78 is 1.18. The molecule has 2 rings (SSSR count). The molecule has 1 aliphatic heterocycles. The summed E-state index contributed by atoms with van der Waals surface area (Å²) in [6.45, 7) is 3.46. The topological polar surface area (TPSA) is 15.3 Å². The van der Waals surface area contributed by atoms with E-state index < -0.39 is 0 Å². The largest absolute Gasteiger partial charge is 0.315 e. The highest BCUT2D eigenvalue weighted by molar-refractivity contribution is 9.10. The fraction of sp³-hybridized carbons (Fsp3) is 0.538. The van der Waals surface area contributed by atoms with Crippen molar-refractivity contribution in [2.24, 2.45) is 0 Å². The van der Waals surface area contributed by atoms with Gasteiger partial charge in [-0.05, 0) is 44.1 Å². The van der Waals surface area contributed by atoms with Crippen molar-refractivity contribution >= 4 is 15.9 Å². The standard InChI is InChI=1S/C13H19BrN2/c1-16(13-5-7-15-10-13)8-6-11-3-2-4-12(14)9-11/h2-4,9,13,15H,5-8,10H2,1H3. The summed E-state index contributed by atoms with van der Waals surface area (Å²) >= 11 is 3.51. The van der Waals surface area contributed by atoms with Crippen LogP contribution < -0.4 is 5.32 Å². The minimum Gasteiger partial charge on any atom is -0.315 e. The Hall–Kier alpha value is -0.380. The molecule has 88 valence electrons. The second-order valence-electron chi connectivity index (χ2n) is 4.51. The molecule has 1 N–H and O–H groups in total. The first-order valence-corrected chi connectivity index (χ1v) is 6.70. The average molecular weight is 283 g/mol. The first-order chi connectivity index (χ1) is 7.75. The second kappa shape index (κ2) is 5.80. The molecule has 0 saturated carbocycles. The van der Waals surface area contributed by atoms with E-state index in [1.54, 1.807) is 0 Å². The van der Waals surface area contributed by atoms with Crippen molar-refractivity contribution in [3.8, 4) is 0 Å². The van der Waals surface area contributed by atoms with Crippen LogP contribution in [0.25, 0.3) is 0 Å². The lowest BCUT2D eigenvalue weighted by Crippen LogP contribution is -2.34. The zero-order valence-corrected chi connectivity index (χ0v) is 11.3. The van der Waals surface area contributed by atoms with Gasteiger partial charge in [-0.2, -0.15) is 0 Å². The molecule has 1 heterocycles. The van der Waals surface area contributed by atoms with Crippen molar-refractivity contribution in [1.29, 1.82) is 0 Å². The van der Waals surface area contributed by atoms with Gasteiger partial charge in [0.2, 0.25) is 0 Å². The fourth-order valence-electron chi connectivity index (χ4n) is 2.20. The van der Waals surface area contributed by atoms with E-state index in [4.69, 9.17) is 0 Å². The molecule has 1 atom stereocenters. The number of halogens is 1. The molecule has 16 heavy (non-hydrogen) atoms. The first-order valence-electron chi connectivity index (χ1n) is 5.91. The van der Waals surface area contributed by atoms with Gasteiger partial charge in [-0.3, -0.25) is 0 Å². The lowest BCUT2D eigenvalue weighted by atomic mass is 10.1. The van der Waals surface area contributed by atoms with Crippen LogP contribution in [0.2, 0.25) is 0 Å². The number of hydrogen-bond acceptors (Lipinski definition) is 2. The van der Waals surface area contributed by atoms with Crippen LogP contribution in [0.5, 0.6) is 0 Å². The van der Waals surface area contributed by atoms with Gasteiger partial charge in [-0.15, -0.1) is 0 Å². The molecule has 0 aromatic heterocycles. The molecule has 0 aliphatic carbocycles. The van der Waals surface area contributed by atoms with Gasteiger partial charge >= 0.3 is 0 Å². The molecule has 0 bridgehead atoms. The van der Waals surface area contributed by atoms with Crippen molar-refractivity contribution < 1.29 is 0 Å². The second-order valence-corrected chi connectivity index (χ2v) is 5.42. The molecule has 1 unspecified atom stereocenters. The molecule has 1 aromatic carbocycles. The van der Waals surface area contributed by atoms with E-state index in [-0.39, 0.29) is 0 Å². The van der Waals surface area contributed by atoms with Crippen molar-refractivity contribution in [1.82, 2.24) is 10.2 Å². The van der Waals surface area contributed by atoms with E-state index in [1.165, 1.54) is 23.0 Å². The summed E-state index contributed by atoms with van der Waals surface area (Å²) in [5.74, 6) is 0. The maximum absolute atomic E-state index is 3.51. The third-order valence-corrected chi connectivity index (χ3v) is 3.79. The molecular weight excluding hydrogens is 264 g/mol. The van der Waals surface area contributed by atoms with Gasteiger partial charge < -0.3 is 10.2 Å². The molecule has 0 amide bonds. The van der Waals surface area contributed by atoms with E-state index in [1.807, 2.05) is 0 Å². The summed E-state index contributed by atoms with van der Waals surface area (Å²) in [5, 5.41) is 3.41. The summed E-state index contributed by atoms with van der Waals surface area (Å²) in [7, 11) is 2.23. The van der Waals surface area contributed by atoms with Gasteiger partial charge in [0.1, 0.15) is 0 Å². The summed E-state index contributed by atoms with van der Waals surface area (Å²) in [5.41, 5.74) is 1.41. The molecule has 1 saturated heterocycles. The van der Waals surface area contributed by atoms with Crippen LogP contribution in [0.3, 0.4) is 0 Å². The van der Waals surface area contributed by atoms with Crippen molar-refractivity contribution in [3.63, 3.8) is 0 Å². The molecule has 1 aromatic rings. The molecule has 0 spiro atoms. The molecule has 1 fully saturated rings. The minimum atomic E-state index is 0.729. The number of nitrogens with zero attached hydrogens (tertiary/aromatic N) is 1. The lowest BCUT2D eigenvalue weighted by molar-refractivity contribution is 0.260. The Bertz CT molecular complexity index is 334. The minimum absolute atomic E-state index is 0.729. The predicted octanol–water partition coefficient (Wildman–Crippen LogP) is 2.29. The summed E-state index contributed by atoms with van der Waals surface area (Å²) in [4.78, 5) is 2.47. The van der Waals surface area contributed by atoms with Crippen LogP contribution in [0.4, 0.5) is 0 Å². The first kappa shape index (κ1) is 12.1. The molecule has 2 nitrogen and oxygen atoms in total. The van der Waals surface area contributed by atoms with Crippen LogP contribution in [-0.4, -0.2) is 37.6 Å². The van der Waals surface area contributed by atoms with Gasteiger partial charge in [0, 0.05) is 23.6 Å². The number of likely N-dealkylation sites (N-methyl/N-ethyl adjacent to an activating group) is 1. The van der Waals surface area contributed by atoms with E-state index in [0.717, 1.165) is 25.6 Å². The van der Waals surface area contributed by atoms with E-state index in [0.29, 0.717) is 0 Å². The Kier molecular flexibility index (Phi) is 4.38. The van der Waals surface area contributed by atoms with Crippen molar-refractivity contribution in [3.05, 3.63) is 34.3 Å². The quantitative estimate of drug-likeness (QED) is 0.912. The van der Waals surface area contributed by atoms with Gasteiger partial charge in [-0.1, -0.05) is 28.1 Å². The van der Waals surface area contributed by atoms with E-state index in [2.05, 4.69) is 57.5 Å². The lowest BCUT2D eigenvalue weighted by Gasteiger charge is -2.23. The summed E-state index contributed by atoms with van der Waals surface area (Å²) in [6.07, 6.45) is 2.42. The Labute approximate surface area is 106 Å². The predicted molar refractivity (Wildman–Crippen MR) is 71.8 cm³/mol. The average Bonchev–Trinajstić information content (AvgIpc) is 2.79. The SMILES string of the molecule is CN(CCc1cccc(Br)c1)C1CCNC1. The van der Waals surface area contributed by atoms with Crippen LogP contribution in [0, 0.1) is 0 Å². The van der Waals surface area contributed by atoms with E-state index >= 15 is 0 Å². The zero-order valence-electron chi connectivity index (χ0n) is 9.75. The Balaban J connectivity index is 1.82. The molecule has 0 radical (unpaired) electrons. The van der Waals surface area contributed by atoms with Crippen LogP contribution in [-0.2, 0) is 6.42 Å². The maximum atomic E-state index is 3.51. The highest BCUT2D eigenvalue weighted by atomic mass is 79.9. The van der Waals surface area contributed by atoms with E-state index in [9.17, 15) is 0 Å². The highest BCUT2D eigenvalue weighted by Gasteiger charge is 2.18. The highest BCUT2D eigenvalue weighted by Crippen LogP contribution is 2.13. The van der Waals surface area contributed by atoms with Crippen LogP contribution in [0.1, 0.15) is 12.0 Å². The third kappa shape index (κ3) is 3.30.